The fourth-order valence-corrected chi connectivity index (χ4v) is 6.70. The molecular formula is C44H50O10Pt. The van der Waals surface area contributed by atoms with Crippen LogP contribution in [0.3, 0.4) is 0 Å². The molecular weight excluding hydrogens is 884 g/mol. The van der Waals surface area contributed by atoms with Gasteiger partial charge in [0.15, 0.2) is 12.6 Å². The molecule has 0 radical (unpaired) electrons. The summed E-state index contributed by atoms with van der Waals surface area (Å²) >= 11 is 0. The van der Waals surface area contributed by atoms with E-state index in [0.29, 0.717) is 59.8 Å². The minimum absolute atomic E-state index is 0. The Morgan fingerprint density at radius 1 is 0.600 bits per heavy atom. The van der Waals surface area contributed by atoms with E-state index in [0.717, 1.165) is 48.3 Å². The van der Waals surface area contributed by atoms with Crippen molar-refractivity contribution in [2.24, 2.45) is 0 Å². The van der Waals surface area contributed by atoms with Crippen LogP contribution < -0.4 is 19.7 Å². The second kappa shape index (κ2) is 20.7. The van der Waals surface area contributed by atoms with E-state index in [9.17, 15) is 19.8 Å². The van der Waals surface area contributed by atoms with Gasteiger partial charge in [-0.15, -0.1) is 0 Å². The number of carboxylic acid groups (broad SMARTS) is 2. The Balaban J connectivity index is 0.000000240. The number of rotatable bonds is 16. The number of carbonyl (C=O) groups is 2. The van der Waals surface area contributed by atoms with Crippen molar-refractivity contribution >= 4 is 11.9 Å². The number of para-hydroxylation sites is 2. The van der Waals surface area contributed by atoms with E-state index >= 15 is 0 Å². The molecule has 0 aliphatic carbocycles. The quantitative estimate of drug-likeness (QED) is 0.0695. The average Bonchev–Trinajstić information content (AvgIpc) is 3.15. The van der Waals surface area contributed by atoms with Crippen LogP contribution in [0.5, 0.6) is 23.0 Å². The van der Waals surface area contributed by atoms with E-state index in [4.69, 9.17) is 28.4 Å². The molecule has 4 aromatic rings. The van der Waals surface area contributed by atoms with Gasteiger partial charge in [0.25, 0.3) is 0 Å². The summed E-state index contributed by atoms with van der Waals surface area (Å²) in [7, 11) is 0. The Kier molecular flexibility index (Phi) is 16.5. The van der Waals surface area contributed by atoms with Crippen molar-refractivity contribution in [3.8, 4) is 23.0 Å². The van der Waals surface area contributed by atoms with Gasteiger partial charge in [0.2, 0.25) is 0 Å². The Bertz CT molecular complexity index is 1770. The Labute approximate surface area is 338 Å². The third kappa shape index (κ3) is 11.0. The van der Waals surface area contributed by atoms with Crippen LogP contribution in [0, 0.1) is 0 Å². The first-order chi connectivity index (χ1) is 26.0. The van der Waals surface area contributed by atoms with Crippen molar-refractivity contribution in [1.29, 1.82) is 0 Å². The van der Waals surface area contributed by atoms with Crippen molar-refractivity contribution in [2.45, 2.75) is 105 Å². The largest absolute Gasteiger partial charge is 2.00 e. The fourth-order valence-electron chi connectivity index (χ4n) is 6.70. The summed E-state index contributed by atoms with van der Waals surface area (Å²) in [5, 5.41) is 23.9. The minimum Gasteiger partial charge on any atom is -0.545 e. The zero-order valence-corrected chi connectivity index (χ0v) is 34.6. The number of aromatic carboxylic acids is 2. The van der Waals surface area contributed by atoms with E-state index in [1.54, 1.807) is 24.3 Å². The molecule has 0 spiro atoms. The summed E-state index contributed by atoms with van der Waals surface area (Å²) in [5.41, 5.74) is 4.60. The van der Waals surface area contributed by atoms with Crippen molar-refractivity contribution in [2.75, 3.05) is 13.2 Å². The van der Waals surface area contributed by atoms with Crippen LogP contribution in [-0.4, -0.2) is 37.7 Å². The van der Waals surface area contributed by atoms with Crippen LogP contribution in [0.15, 0.2) is 72.8 Å². The number of carboxylic acids is 2. The van der Waals surface area contributed by atoms with Gasteiger partial charge in [0.05, 0.1) is 24.1 Å². The topological polar surface area (TPSA) is 136 Å². The van der Waals surface area contributed by atoms with Gasteiger partial charge >= 0.3 is 21.1 Å². The number of carbonyl (C=O) groups excluding carboxylic acids is 2. The molecule has 6 rings (SSSR count). The first-order valence-electron chi connectivity index (χ1n) is 18.8. The van der Waals surface area contributed by atoms with Crippen LogP contribution in [-0.2, 0) is 52.9 Å². The van der Waals surface area contributed by atoms with Gasteiger partial charge in [-0.1, -0.05) is 75.2 Å². The smallest absolute Gasteiger partial charge is 0.545 e. The molecule has 0 amide bonds. The average molecular weight is 934 g/mol. The minimum atomic E-state index is -1.22. The molecule has 4 atom stereocenters. The van der Waals surface area contributed by atoms with Gasteiger partial charge in [-0.25, -0.2) is 0 Å². The predicted octanol–water partition coefficient (Wildman–Crippen LogP) is 7.97. The normalized spacial score (nSPS) is 14.4. The molecule has 11 heteroatoms. The summed E-state index contributed by atoms with van der Waals surface area (Å²) in [6.45, 7) is 12.7. The molecule has 2 aliphatic heterocycles. The van der Waals surface area contributed by atoms with E-state index in [1.807, 2.05) is 76.2 Å². The van der Waals surface area contributed by atoms with Crippen LogP contribution in [0.2, 0.25) is 0 Å². The van der Waals surface area contributed by atoms with E-state index in [2.05, 4.69) is 13.8 Å². The molecule has 4 unspecified atom stereocenters. The van der Waals surface area contributed by atoms with Crippen molar-refractivity contribution < 1.29 is 69.3 Å². The molecule has 0 fully saturated rings. The zero-order valence-electron chi connectivity index (χ0n) is 32.3. The molecule has 2 heterocycles. The molecule has 55 heavy (non-hydrogen) atoms. The van der Waals surface area contributed by atoms with Gasteiger partial charge in [-0.2, -0.15) is 0 Å². The molecule has 10 nitrogen and oxygen atoms in total. The maximum Gasteiger partial charge on any atom is 2.00 e. The van der Waals surface area contributed by atoms with Crippen molar-refractivity contribution in [3.05, 3.63) is 117 Å². The van der Waals surface area contributed by atoms with Gasteiger partial charge < -0.3 is 48.2 Å². The number of unbranched alkanes of at least 4 members (excludes halogenated alkanes) is 2. The monoisotopic (exact) mass is 933 g/mol. The van der Waals surface area contributed by atoms with Gasteiger partial charge in [-0.3, -0.25) is 0 Å². The summed E-state index contributed by atoms with van der Waals surface area (Å²) in [5.74, 6) is 0.167. The predicted molar refractivity (Wildman–Crippen MR) is 200 cm³/mol. The van der Waals surface area contributed by atoms with Crippen molar-refractivity contribution in [1.82, 2.24) is 0 Å². The number of benzene rings is 4. The van der Waals surface area contributed by atoms with Crippen molar-refractivity contribution in [3.63, 3.8) is 0 Å². The van der Waals surface area contributed by atoms with Crippen LogP contribution in [0.25, 0.3) is 0 Å². The van der Waals surface area contributed by atoms with E-state index in [-0.39, 0.29) is 32.2 Å². The maximum atomic E-state index is 12.0. The Morgan fingerprint density at radius 3 is 1.35 bits per heavy atom. The van der Waals surface area contributed by atoms with Gasteiger partial charge in [0, 0.05) is 48.3 Å². The standard InChI is InChI=1S/2C22H26O5.Pt/c2*1-4-5-12-25-15(3)26-14(2)17-10-11-20-18(21(17)22(23)24)13-16-8-6-7-9-19(16)27-20;/h2*6-11,14-15H,4-5,12-13H2,1-3H3,(H,23,24);/q;;+2/p-2. The first kappa shape index (κ1) is 43.7. The van der Waals surface area contributed by atoms with Crippen LogP contribution >= 0.6 is 0 Å². The molecule has 0 N–H and O–H groups in total. The summed E-state index contributed by atoms with van der Waals surface area (Å²) < 4.78 is 34.8. The van der Waals surface area contributed by atoms with Crippen LogP contribution in [0.4, 0.5) is 0 Å². The molecule has 4 aromatic carbocycles. The van der Waals surface area contributed by atoms with Crippen LogP contribution in [0.1, 0.15) is 134 Å². The third-order valence-corrected chi connectivity index (χ3v) is 9.50. The number of ether oxygens (including phenoxy) is 6. The fraction of sp³-hybridized carbons (Fsp3) is 0.409. The van der Waals surface area contributed by atoms with Gasteiger partial charge in [0.1, 0.15) is 23.0 Å². The molecule has 296 valence electrons. The van der Waals surface area contributed by atoms with E-state index < -0.39 is 36.7 Å². The molecule has 0 saturated carbocycles. The number of hydrogen-bond donors (Lipinski definition) is 0. The van der Waals surface area contributed by atoms with Gasteiger partial charge in [-0.05, 0) is 87.1 Å². The first-order valence-corrected chi connectivity index (χ1v) is 18.8. The molecule has 2 aliphatic rings. The Morgan fingerprint density at radius 2 is 0.982 bits per heavy atom. The number of fused-ring (bicyclic) bond motifs is 4. The second-order valence-electron chi connectivity index (χ2n) is 13.5. The molecule has 0 saturated heterocycles. The summed E-state index contributed by atoms with van der Waals surface area (Å²) in [4.78, 5) is 23.9. The zero-order chi connectivity index (χ0) is 38.8. The second-order valence-corrected chi connectivity index (χ2v) is 13.5. The molecule has 0 bridgehead atoms. The van der Waals surface area contributed by atoms with E-state index in [1.165, 1.54) is 0 Å². The summed E-state index contributed by atoms with van der Waals surface area (Å²) in [6.07, 6.45) is 3.24. The maximum absolute atomic E-state index is 12.0. The Hall–Kier alpha value is -4.05. The third-order valence-electron chi connectivity index (χ3n) is 9.50. The molecule has 0 aromatic heterocycles. The number of hydrogen-bond acceptors (Lipinski definition) is 10. The SMILES string of the molecule is CCCCOC(C)OC(C)c1ccc2c(c1C(=O)[O-])Cc1ccccc1O2.CCCCOC(C)OC(C)c1ccc2c(c1C(=O)[O-])Cc1ccccc1O2.[Pt+2]. The summed E-state index contributed by atoms with van der Waals surface area (Å²) in [6, 6.07) is 22.3.